The third-order valence-corrected chi connectivity index (χ3v) is 3.04. The molecule has 1 fully saturated rings. The van der Waals surface area contributed by atoms with Crippen LogP contribution in [0.15, 0.2) is 0 Å². The largest absolute Gasteiger partial charge is 0.310 e. The molecular weight excluding hydrogens is 174 g/mol. The predicted octanol–water partition coefficient (Wildman–Crippen LogP) is 2.53. The van der Waals surface area contributed by atoms with Crippen LogP contribution in [-0.4, -0.2) is 18.9 Å². The Morgan fingerprint density at radius 2 is 1.86 bits per heavy atom. The summed E-state index contributed by atoms with van der Waals surface area (Å²) in [6.45, 7) is 3.69. The third kappa shape index (κ3) is 4.23. The fraction of sp³-hybridized carbons (Fsp3) is 0.917. The minimum atomic E-state index is 0.363. The molecule has 0 bridgehead atoms. The summed E-state index contributed by atoms with van der Waals surface area (Å²) in [6, 6.07) is 0. The highest BCUT2D eigenvalue weighted by atomic mass is 16.1. The molecule has 14 heavy (non-hydrogen) atoms. The molecule has 1 saturated carbocycles. The molecule has 0 aromatic heterocycles. The molecule has 0 aromatic rings. The lowest BCUT2D eigenvalue weighted by molar-refractivity contribution is -0.122. The van der Waals surface area contributed by atoms with E-state index in [0.29, 0.717) is 18.2 Å². The molecule has 0 unspecified atom stereocenters. The Balaban J connectivity index is 2.20. The second-order valence-corrected chi connectivity index (χ2v) is 4.33. The summed E-state index contributed by atoms with van der Waals surface area (Å²) in [5, 5.41) is 3.20. The van der Waals surface area contributed by atoms with Gasteiger partial charge in [-0.1, -0.05) is 32.6 Å². The van der Waals surface area contributed by atoms with Crippen molar-refractivity contribution >= 4 is 5.78 Å². The SMILES string of the molecule is CCCNCC(=O)C1CCCCCC1. The Morgan fingerprint density at radius 1 is 1.21 bits per heavy atom. The third-order valence-electron chi connectivity index (χ3n) is 3.04. The van der Waals surface area contributed by atoms with Crippen LogP contribution in [0, 0.1) is 5.92 Å². The summed E-state index contributed by atoms with van der Waals surface area (Å²) in [5.41, 5.74) is 0. The highest BCUT2D eigenvalue weighted by Gasteiger charge is 2.18. The number of carbonyl (C=O) groups is 1. The Morgan fingerprint density at radius 3 is 2.43 bits per heavy atom. The average molecular weight is 197 g/mol. The maximum Gasteiger partial charge on any atom is 0.149 e. The Hall–Kier alpha value is -0.370. The molecule has 1 N–H and O–H groups in total. The molecule has 1 aliphatic rings. The van der Waals surface area contributed by atoms with Gasteiger partial charge >= 0.3 is 0 Å². The molecule has 0 aromatic carbocycles. The first-order valence-electron chi connectivity index (χ1n) is 6.08. The summed E-state index contributed by atoms with van der Waals surface area (Å²) in [7, 11) is 0. The first-order valence-corrected chi connectivity index (χ1v) is 6.08. The van der Waals surface area contributed by atoms with Crippen LogP contribution in [0.3, 0.4) is 0 Å². The van der Waals surface area contributed by atoms with E-state index in [2.05, 4.69) is 12.2 Å². The van der Waals surface area contributed by atoms with Gasteiger partial charge in [0.2, 0.25) is 0 Å². The highest BCUT2D eigenvalue weighted by molar-refractivity contribution is 5.82. The van der Waals surface area contributed by atoms with Crippen molar-refractivity contribution in [2.45, 2.75) is 51.9 Å². The number of nitrogens with one attached hydrogen (secondary N) is 1. The van der Waals surface area contributed by atoms with Crippen LogP contribution >= 0.6 is 0 Å². The van der Waals surface area contributed by atoms with Gasteiger partial charge in [0, 0.05) is 5.92 Å². The van der Waals surface area contributed by atoms with Crippen LogP contribution in [0.2, 0.25) is 0 Å². The number of Topliss-reactive ketones (excluding diaryl/α,β-unsaturated/α-hetero) is 1. The van der Waals surface area contributed by atoms with Crippen molar-refractivity contribution in [1.29, 1.82) is 0 Å². The average Bonchev–Trinajstić information content (AvgIpc) is 2.46. The Kier molecular flexibility index (Phi) is 5.85. The van der Waals surface area contributed by atoms with Crippen molar-refractivity contribution in [2.75, 3.05) is 13.1 Å². The topological polar surface area (TPSA) is 29.1 Å². The van der Waals surface area contributed by atoms with E-state index < -0.39 is 0 Å². The Labute approximate surface area is 87.5 Å². The van der Waals surface area contributed by atoms with E-state index in [9.17, 15) is 4.79 Å². The van der Waals surface area contributed by atoms with E-state index in [4.69, 9.17) is 0 Å². The van der Waals surface area contributed by atoms with E-state index in [1.807, 2.05) is 0 Å². The van der Waals surface area contributed by atoms with Crippen LogP contribution in [-0.2, 0) is 4.79 Å². The fourth-order valence-electron chi connectivity index (χ4n) is 2.13. The molecule has 2 nitrogen and oxygen atoms in total. The van der Waals surface area contributed by atoms with Crippen molar-refractivity contribution in [2.24, 2.45) is 5.92 Å². The quantitative estimate of drug-likeness (QED) is 0.542. The number of hydrogen-bond acceptors (Lipinski definition) is 2. The van der Waals surface area contributed by atoms with E-state index in [-0.39, 0.29) is 0 Å². The van der Waals surface area contributed by atoms with Crippen molar-refractivity contribution in [3.8, 4) is 0 Å². The fourth-order valence-corrected chi connectivity index (χ4v) is 2.13. The maximum absolute atomic E-state index is 11.8. The van der Waals surface area contributed by atoms with Gasteiger partial charge in [0.25, 0.3) is 0 Å². The van der Waals surface area contributed by atoms with E-state index >= 15 is 0 Å². The van der Waals surface area contributed by atoms with E-state index in [0.717, 1.165) is 25.8 Å². The van der Waals surface area contributed by atoms with Crippen LogP contribution in [0.1, 0.15) is 51.9 Å². The van der Waals surface area contributed by atoms with Crippen LogP contribution < -0.4 is 5.32 Å². The van der Waals surface area contributed by atoms with Crippen LogP contribution in [0.5, 0.6) is 0 Å². The zero-order valence-corrected chi connectivity index (χ0v) is 9.35. The molecule has 1 rings (SSSR count). The van der Waals surface area contributed by atoms with Gasteiger partial charge in [-0.15, -0.1) is 0 Å². The number of hydrogen-bond donors (Lipinski definition) is 1. The smallest absolute Gasteiger partial charge is 0.149 e. The number of rotatable bonds is 5. The molecule has 0 spiro atoms. The van der Waals surface area contributed by atoms with Gasteiger partial charge in [0.1, 0.15) is 5.78 Å². The minimum Gasteiger partial charge on any atom is -0.310 e. The highest BCUT2D eigenvalue weighted by Crippen LogP contribution is 2.23. The molecule has 0 amide bonds. The lowest BCUT2D eigenvalue weighted by Gasteiger charge is -2.12. The van der Waals surface area contributed by atoms with Gasteiger partial charge in [-0.2, -0.15) is 0 Å². The van der Waals surface area contributed by atoms with Gasteiger partial charge in [-0.3, -0.25) is 4.79 Å². The van der Waals surface area contributed by atoms with Gasteiger partial charge < -0.3 is 5.32 Å². The summed E-state index contributed by atoms with van der Waals surface area (Å²) in [5.74, 6) is 0.808. The van der Waals surface area contributed by atoms with Crippen LogP contribution in [0.4, 0.5) is 0 Å². The van der Waals surface area contributed by atoms with Gasteiger partial charge in [0.15, 0.2) is 0 Å². The van der Waals surface area contributed by atoms with Gasteiger partial charge in [-0.05, 0) is 25.8 Å². The number of ketones is 1. The van der Waals surface area contributed by atoms with E-state index in [1.54, 1.807) is 0 Å². The van der Waals surface area contributed by atoms with Gasteiger partial charge in [0.05, 0.1) is 6.54 Å². The molecule has 1 aliphatic carbocycles. The van der Waals surface area contributed by atoms with Gasteiger partial charge in [-0.25, -0.2) is 0 Å². The first-order chi connectivity index (χ1) is 6.84. The van der Waals surface area contributed by atoms with Crippen molar-refractivity contribution in [3.63, 3.8) is 0 Å². The Bertz CT molecular complexity index is 160. The lowest BCUT2D eigenvalue weighted by Crippen LogP contribution is -2.28. The summed E-state index contributed by atoms with van der Waals surface area (Å²) < 4.78 is 0. The van der Waals surface area contributed by atoms with Crippen molar-refractivity contribution < 1.29 is 4.79 Å². The zero-order chi connectivity index (χ0) is 10.2. The molecule has 0 heterocycles. The molecular formula is C12H23NO. The molecule has 82 valence electrons. The van der Waals surface area contributed by atoms with E-state index in [1.165, 1.54) is 25.7 Å². The summed E-state index contributed by atoms with van der Waals surface area (Å²) >= 11 is 0. The van der Waals surface area contributed by atoms with Crippen LogP contribution in [0.25, 0.3) is 0 Å². The number of carbonyl (C=O) groups excluding carboxylic acids is 1. The molecule has 0 saturated heterocycles. The second kappa shape index (κ2) is 6.99. The standard InChI is InChI=1S/C12H23NO/c1-2-9-13-10-12(14)11-7-5-3-4-6-8-11/h11,13H,2-10H2,1H3. The molecule has 2 heteroatoms. The zero-order valence-electron chi connectivity index (χ0n) is 9.35. The van der Waals surface area contributed by atoms with Crippen molar-refractivity contribution in [1.82, 2.24) is 5.32 Å². The molecule has 0 atom stereocenters. The maximum atomic E-state index is 11.8. The summed E-state index contributed by atoms with van der Waals surface area (Å²) in [4.78, 5) is 11.8. The molecule has 0 radical (unpaired) electrons. The predicted molar refractivity (Wildman–Crippen MR) is 59.4 cm³/mol. The normalized spacial score (nSPS) is 19.2. The summed E-state index contributed by atoms with van der Waals surface area (Å²) in [6.07, 6.45) is 8.53. The monoisotopic (exact) mass is 197 g/mol. The van der Waals surface area contributed by atoms with Crippen molar-refractivity contribution in [3.05, 3.63) is 0 Å². The minimum absolute atomic E-state index is 0.363. The first kappa shape index (κ1) is 11.7. The lowest BCUT2D eigenvalue weighted by atomic mass is 9.95. The second-order valence-electron chi connectivity index (χ2n) is 4.33. The molecule has 0 aliphatic heterocycles.